The van der Waals surface area contributed by atoms with Crippen LogP contribution in [0.1, 0.15) is 5.69 Å². The Morgan fingerprint density at radius 3 is 2.50 bits per heavy atom. The molecule has 0 unspecified atom stereocenters. The highest BCUT2D eigenvalue weighted by molar-refractivity contribution is 5.31. The molecule has 1 fully saturated rings. The average molecular weight is 420 g/mol. The fourth-order valence-corrected chi connectivity index (χ4v) is 3.19. The van der Waals surface area contributed by atoms with E-state index in [1.54, 1.807) is 34.1 Å². The average Bonchev–Trinajstić information content (AvgIpc) is 3.28. The van der Waals surface area contributed by atoms with Crippen LogP contribution in [0.25, 0.3) is 5.82 Å². The Hall–Kier alpha value is -3.28. The Balaban J connectivity index is 1.35. The molecule has 4 rings (SSSR count). The predicted octanol–water partition coefficient (Wildman–Crippen LogP) is 1.06. The lowest BCUT2D eigenvalue weighted by Gasteiger charge is -2.34. The Bertz CT molecular complexity index is 1040. The van der Waals surface area contributed by atoms with Crippen LogP contribution in [-0.4, -0.2) is 67.2 Å². The maximum absolute atomic E-state index is 12.9. The van der Waals surface area contributed by atoms with Gasteiger partial charge < -0.3 is 4.90 Å². The molecule has 3 aromatic heterocycles. The lowest BCUT2D eigenvalue weighted by Crippen LogP contribution is -2.48. The van der Waals surface area contributed by atoms with Gasteiger partial charge in [-0.05, 0) is 18.2 Å². The molecule has 0 atom stereocenters. The second-order valence-electron chi connectivity index (χ2n) is 6.77. The molecule has 12 heteroatoms. The Morgan fingerprint density at radius 1 is 1.00 bits per heavy atom. The molecular formula is C18H19F3N8O. The molecule has 0 N–H and O–H groups in total. The monoisotopic (exact) mass is 420 g/mol. The zero-order chi connectivity index (χ0) is 21.1. The number of anilines is 1. The first-order chi connectivity index (χ1) is 14.4. The molecule has 0 aliphatic carbocycles. The van der Waals surface area contributed by atoms with Crippen molar-refractivity contribution >= 4 is 5.95 Å². The predicted molar refractivity (Wildman–Crippen MR) is 101 cm³/mol. The van der Waals surface area contributed by atoms with E-state index < -0.39 is 11.9 Å². The van der Waals surface area contributed by atoms with Gasteiger partial charge in [-0.1, -0.05) is 0 Å². The molecule has 0 bridgehead atoms. The number of aromatic nitrogens is 6. The molecule has 0 radical (unpaired) electrons. The Kier molecular flexibility index (Phi) is 5.48. The molecule has 0 aromatic carbocycles. The summed E-state index contributed by atoms with van der Waals surface area (Å²) < 4.78 is 41.5. The first kappa shape index (κ1) is 20.0. The topological polar surface area (TPSA) is 85.0 Å². The number of nitrogens with zero attached hydrogens (tertiary/aromatic N) is 8. The number of piperazine rings is 1. The smallest absolute Gasteiger partial charge is 0.338 e. The molecule has 158 valence electrons. The van der Waals surface area contributed by atoms with Crippen LogP contribution >= 0.6 is 0 Å². The van der Waals surface area contributed by atoms with Gasteiger partial charge in [-0.25, -0.2) is 19.3 Å². The van der Waals surface area contributed by atoms with Gasteiger partial charge in [0.1, 0.15) is 5.69 Å². The van der Waals surface area contributed by atoms with Crippen molar-refractivity contribution in [2.45, 2.75) is 12.7 Å². The van der Waals surface area contributed by atoms with E-state index in [1.165, 1.54) is 10.7 Å². The summed E-state index contributed by atoms with van der Waals surface area (Å²) in [7, 11) is 0. The minimum atomic E-state index is -4.50. The van der Waals surface area contributed by atoms with Gasteiger partial charge in [0, 0.05) is 57.4 Å². The fraction of sp³-hybridized carbons (Fsp3) is 0.389. The summed E-state index contributed by atoms with van der Waals surface area (Å²) in [6, 6.07) is 5.69. The second-order valence-corrected chi connectivity index (χ2v) is 6.77. The summed E-state index contributed by atoms with van der Waals surface area (Å²) in [5.74, 6) is 0.625. The van der Waals surface area contributed by atoms with E-state index in [1.807, 2.05) is 0 Å². The van der Waals surface area contributed by atoms with E-state index in [4.69, 9.17) is 0 Å². The van der Waals surface area contributed by atoms with E-state index in [0.29, 0.717) is 45.1 Å². The van der Waals surface area contributed by atoms with E-state index in [9.17, 15) is 18.0 Å². The summed E-state index contributed by atoms with van der Waals surface area (Å²) in [4.78, 5) is 23.6. The van der Waals surface area contributed by atoms with Gasteiger partial charge in [-0.15, -0.1) is 5.10 Å². The second kappa shape index (κ2) is 8.22. The Labute approximate surface area is 169 Å². The van der Waals surface area contributed by atoms with Gasteiger partial charge in [0.25, 0.3) is 5.56 Å². The maximum atomic E-state index is 12.9. The van der Waals surface area contributed by atoms with Crippen LogP contribution in [0.4, 0.5) is 19.1 Å². The zero-order valence-electron chi connectivity index (χ0n) is 15.9. The van der Waals surface area contributed by atoms with Gasteiger partial charge in [0.05, 0.1) is 6.54 Å². The minimum absolute atomic E-state index is 0.0780. The molecule has 9 nitrogen and oxygen atoms in total. The highest BCUT2D eigenvalue weighted by atomic mass is 19.4. The van der Waals surface area contributed by atoms with Gasteiger partial charge in [-0.3, -0.25) is 9.69 Å². The van der Waals surface area contributed by atoms with E-state index in [-0.39, 0.29) is 11.5 Å². The number of halogens is 3. The third-order valence-electron chi connectivity index (χ3n) is 4.81. The van der Waals surface area contributed by atoms with Crippen LogP contribution in [0.2, 0.25) is 0 Å². The number of hydrogen-bond donors (Lipinski definition) is 0. The summed E-state index contributed by atoms with van der Waals surface area (Å²) in [6.45, 7) is 3.22. The lowest BCUT2D eigenvalue weighted by molar-refractivity contribution is -0.141. The summed E-state index contributed by atoms with van der Waals surface area (Å²) in [6.07, 6.45) is 0.00361. The van der Waals surface area contributed by atoms with Crippen molar-refractivity contribution in [1.82, 2.24) is 34.4 Å². The molecule has 1 saturated heterocycles. The SMILES string of the molecule is O=c1ccc(-n2cccn2)nn1CCN1CCN(c2nccc(C(F)(F)F)n2)CC1. The van der Waals surface area contributed by atoms with Crippen molar-refractivity contribution in [3.05, 3.63) is 58.9 Å². The van der Waals surface area contributed by atoms with Crippen LogP contribution in [-0.2, 0) is 12.7 Å². The van der Waals surface area contributed by atoms with Crippen LogP contribution < -0.4 is 10.5 Å². The van der Waals surface area contributed by atoms with E-state index in [0.717, 1.165) is 12.3 Å². The first-order valence-corrected chi connectivity index (χ1v) is 9.36. The van der Waals surface area contributed by atoms with Crippen LogP contribution in [0.3, 0.4) is 0 Å². The maximum Gasteiger partial charge on any atom is 0.433 e. The largest absolute Gasteiger partial charge is 0.433 e. The normalized spacial score (nSPS) is 15.5. The van der Waals surface area contributed by atoms with Crippen molar-refractivity contribution in [1.29, 1.82) is 0 Å². The van der Waals surface area contributed by atoms with Gasteiger partial charge in [0.2, 0.25) is 5.95 Å². The number of rotatable bonds is 5. The molecule has 3 aromatic rings. The van der Waals surface area contributed by atoms with Crippen LogP contribution in [0, 0.1) is 0 Å². The van der Waals surface area contributed by atoms with Gasteiger partial charge in [0.15, 0.2) is 5.82 Å². The first-order valence-electron chi connectivity index (χ1n) is 9.36. The molecule has 0 spiro atoms. The van der Waals surface area contributed by atoms with Crippen molar-refractivity contribution < 1.29 is 13.2 Å². The standard InChI is InChI=1S/C18H19F3N8O/c19-18(20,21)14-4-6-22-17(24-14)27-11-8-26(9-12-27)10-13-29-16(30)3-2-15(25-29)28-7-1-5-23-28/h1-7H,8-13H2. The summed E-state index contributed by atoms with van der Waals surface area (Å²) >= 11 is 0. The molecule has 1 aliphatic rings. The van der Waals surface area contributed by atoms with Crippen molar-refractivity contribution in [3.63, 3.8) is 0 Å². The van der Waals surface area contributed by atoms with Crippen molar-refractivity contribution in [3.8, 4) is 5.82 Å². The Morgan fingerprint density at radius 2 is 1.80 bits per heavy atom. The number of hydrogen-bond acceptors (Lipinski definition) is 7. The molecule has 30 heavy (non-hydrogen) atoms. The van der Waals surface area contributed by atoms with Gasteiger partial charge in [-0.2, -0.15) is 18.3 Å². The van der Waals surface area contributed by atoms with Crippen LogP contribution in [0.5, 0.6) is 0 Å². The van der Waals surface area contributed by atoms with E-state index in [2.05, 4.69) is 25.1 Å². The quantitative estimate of drug-likeness (QED) is 0.610. The highest BCUT2D eigenvalue weighted by Gasteiger charge is 2.33. The molecule has 0 amide bonds. The highest BCUT2D eigenvalue weighted by Crippen LogP contribution is 2.28. The lowest BCUT2D eigenvalue weighted by atomic mass is 10.3. The van der Waals surface area contributed by atoms with Crippen molar-refractivity contribution in [2.75, 3.05) is 37.6 Å². The minimum Gasteiger partial charge on any atom is -0.338 e. The fourth-order valence-electron chi connectivity index (χ4n) is 3.19. The molecule has 1 aliphatic heterocycles. The summed E-state index contributed by atoms with van der Waals surface area (Å²) in [5.41, 5.74) is -1.15. The molecular weight excluding hydrogens is 401 g/mol. The third kappa shape index (κ3) is 4.48. The molecule has 4 heterocycles. The third-order valence-corrected chi connectivity index (χ3v) is 4.81. The zero-order valence-corrected chi connectivity index (χ0v) is 15.9. The van der Waals surface area contributed by atoms with Crippen LogP contribution in [0.15, 0.2) is 47.7 Å². The van der Waals surface area contributed by atoms with Crippen molar-refractivity contribution in [2.24, 2.45) is 0 Å². The summed E-state index contributed by atoms with van der Waals surface area (Å²) in [5, 5.41) is 8.44. The number of alkyl halides is 3. The molecule has 0 saturated carbocycles. The van der Waals surface area contributed by atoms with E-state index >= 15 is 0 Å². The van der Waals surface area contributed by atoms with Gasteiger partial charge >= 0.3 is 6.18 Å².